The number of aryl methyl sites for hydroxylation is 1. The summed E-state index contributed by atoms with van der Waals surface area (Å²) in [6, 6.07) is 2.08. The van der Waals surface area contributed by atoms with Crippen LogP contribution in [0.2, 0.25) is 0 Å². The van der Waals surface area contributed by atoms with E-state index in [1.54, 1.807) is 29.9 Å². The van der Waals surface area contributed by atoms with Crippen LogP contribution < -0.4 is 10.2 Å². The summed E-state index contributed by atoms with van der Waals surface area (Å²) in [5.41, 5.74) is 1.85. The van der Waals surface area contributed by atoms with Crippen molar-refractivity contribution < 1.29 is 9.18 Å². The van der Waals surface area contributed by atoms with Crippen LogP contribution in [0.25, 0.3) is 5.65 Å². The molecule has 3 aromatic rings. The van der Waals surface area contributed by atoms with Gasteiger partial charge in [-0.1, -0.05) is 0 Å². The van der Waals surface area contributed by atoms with Crippen molar-refractivity contribution >= 4 is 23.1 Å². The van der Waals surface area contributed by atoms with Gasteiger partial charge in [-0.25, -0.2) is 19.3 Å². The third-order valence-electron chi connectivity index (χ3n) is 6.89. The minimum atomic E-state index is -0.494. The van der Waals surface area contributed by atoms with Crippen LogP contribution in [0.15, 0.2) is 30.9 Å². The average Bonchev–Trinajstić information content (AvgIpc) is 3.54. The molecule has 0 radical (unpaired) electrons. The Morgan fingerprint density at radius 3 is 2.78 bits per heavy atom. The second-order valence-corrected chi connectivity index (χ2v) is 9.57. The zero-order chi connectivity index (χ0) is 21.9. The molecule has 2 saturated heterocycles. The number of imidazole rings is 1. The summed E-state index contributed by atoms with van der Waals surface area (Å²) in [6.07, 6.45) is 11.8. The highest BCUT2D eigenvalue weighted by atomic mass is 19.1. The summed E-state index contributed by atoms with van der Waals surface area (Å²) in [5.74, 6) is -0.115. The Labute approximate surface area is 185 Å². The van der Waals surface area contributed by atoms with Crippen LogP contribution in [-0.2, 0) is 0 Å². The zero-order valence-corrected chi connectivity index (χ0v) is 18.1. The number of piperidine rings is 1. The van der Waals surface area contributed by atoms with Crippen LogP contribution >= 0.6 is 0 Å². The smallest absolute Gasteiger partial charge is 0.275 e. The Morgan fingerprint density at radius 1 is 1.19 bits per heavy atom. The molecular formula is C23H26FN7O. The number of nitrogens with one attached hydrogen (secondary N) is 1. The van der Waals surface area contributed by atoms with Crippen molar-refractivity contribution in [3.05, 3.63) is 48.1 Å². The summed E-state index contributed by atoms with van der Waals surface area (Å²) in [4.78, 5) is 30.4. The first-order chi connectivity index (χ1) is 15.5. The van der Waals surface area contributed by atoms with Crippen LogP contribution in [0, 0.1) is 18.2 Å². The second kappa shape index (κ2) is 7.23. The van der Waals surface area contributed by atoms with Gasteiger partial charge in [0.15, 0.2) is 11.5 Å². The van der Waals surface area contributed by atoms with Crippen LogP contribution in [0.1, 0.15) is 41.9 Å². The average molecular weight is 436 g/mol. The highest BCUT2D eigenvalue weighted by Crippen LogP contribution is 2.43. The van der Waals surface area contributed by atoms with Crippen molar-refractivity contribution in [2.75, 3.05) is 36.4 Å². The van der Waals surface area contributed by atoms with Crippen molar-refractivity contribution in [1.82, 2.24) is 24.3 Å². The van der Waals surface area contributed by atoms with E-state index in [-0.39, 0.29) is 11.3 Å². The maximum Gasteiger partial charge on any atom is 0.275 e. The number of pyridine rings is 1. The van der Waals surface area contributed by atoms with Crippen LogP contribution in [0.4, 0.5) is 15.9 Å². The van der Waals surface area contributed by atoms with Gasteiger partial charge in [-0.05, 0) is 39.2 Å². The molecule has 2 aliphatic heterocycles. The van der Waals surface area contributed by atoms with E-state index in [2.05, 4.69) is 30.1 Å². The van der Waals surface area contributed by atoms with Gasteiger partial charge in [0.05, 0.1) is 23.8 Å². The number of amides is 1. The third kappa shape index (κ3) is 3.50. The quantitative estimate of drug-likeness (QED) is 0.679. The summed E-state index contributed by atoms with van der Waals surface area (Å²) >= 11 is 0. The summed E-state index contributed by atoms with van der Waals surface area (Å²) in [6.45, 7) is 6.23. The van der Waals surface area contributed by atoms with Gasteiger partial charge in [0.2, 0.25) is 0 Å². The molecule has 3 fully saturated rings. The molecule has 3 aliphatic rings. The van der Waals surface area contributed by atoms with E-state index in [0.29, 0.717) is 16.8 Å². The minimum absolute atomic E-state index is 0.198. The molecule has 3 aromatic heterocycles. The number of likely N-dealkylation sites (tertiary alicyclic amines) is 1. The Morgan fingerprint density at radius 2 is 2.03 bits per heavy atom. The Kier molecular flexibility index (Phi) is 4.43. The lowest BCUT2D eigenvalue weighted by molar-refractivity contribution is 0.0564. The lowest BCUT2D eigenvalue weighted by atomic mass is 9.73. The topological polar surface area (TPSA) is 78.7 Å². The number of carbonyl (C=O) groups excluding carboxylic acids is 1. The summed E-state index contributed by atoms with van der Waals surface area (Å²) in [7, 11) is 0. The number of rotatable bonds is 4. The van der Waals surface area contributed by atoms with Crippen molar-refractivity contribution in [2.24, 2.45) is 5.41 Å². The Hall–Kier alpha value is -3.07. The number of nitrogens with zero attached hydrogens (tertiary/aromatic N) is 6. The number of carbonyl (C=O) groups is 1. The molecule has 0 unspecified atom stereocenters. The number of halogens is 1. The molecule has 8 nitrogen and oxygen atoms in total. The molecule has 0 bridgehead atoms. The number of hydrogen-bond donors (Lipinski definition) is 1. The van der Waals surface area contributed by atoms with Gasteiger partial charge < -0.3 is 14.6 Å². The number of fused-ring (bicyclic) bond motifs is 1. The maximum atomic E-state index is 14.3. The molecule has 0 atom stereocenters. The Bertz CT molecular complexity index is 1180. The largest absolute Gasteiger partial charge is 0.354 e. The molecule has 6 rings (SSSR count). The van der Waals surface area contributed by atoms with E-state index in [0.717, 1.165) is 24.9 Å². The van der Waals surface area contributed by atoms with E-state index in [4.69, 9.17) is 0 Å². The lowest BCUT2D eigenvalue weighted by Crippen LogP contribution is -2.63. The molecule has 1 aliphatic carbocycles. The fraction of sp³-hybridized carbons (Fsp3) is 0.478. The number of anilines is 2. The second-order valence-electron chi connectivity index (χ2n) is 9.57. The van der Waals surface area contributed by atoms with Gasteiger partial charge in [-0.3, -0.25) is 9.69 Å². The molecule has 32 heavy (non-hydrogen) atoms. The van der Waals surface area contributed by atoms with Gasteiger partial charge in [-0.15, -0.1) is 0 Å². The first kappa shape index (κ1) is 19.6. The van der Waals surface area contributed by atoms with Crippen molar-refractivity contribution in [3.63, 3.8) is 0 Å². The Balaban J connectivity index is 1.10. The predicted molar refractivity (Wildman–Crippen MR) is 118 cm³/mol. The van der Waals surface area contributed by atoms with Crippen molar-refractivity contribution in [2.45, 2.75) is 38.6 Å². The molecule has 166 valence electrons. The molecule has 1 N–H and O–H groups in total. The molecule has 5 heterocycles. The predicted octanol–water partition coefficient (Wildman–Crippen LogP) is 2.89. The van der Waals surface area contributed by atoms with E-state index < -0.39 is 11.7 Å². The fourth-order valence-corrected chi connectivity index (χ4v) is 5.23. The van der Waals surface area contributed by atoms with Crippen LogP contribution in [0.5, 0.6) is 0 Å². The lowest BCUT2D eigenvalue weighted by Gasteiger charge is -2.55. The third-order valence-corrected chi connectivity index (χ3v) is 6.89. The summed E-state index contributed by atoms with van der Waals surface area (Å²) < 4.78 is 15.8. The molecule has 1 saturated carbocycles. The van der Waals surface area contributed by atoms with Gasteiger partial charge >= 0.3 is 0 Å². The molecule has 1 spiro atoms. The standard InChI is InChI=1S/C23H26FN7O/c1-15-10-30-11-16(7-18(24)21(30)27-15)28-22(32)19-8-26-20(9-25-19)31-13-23(14-31)5-2-6-29(12-23)17-3-4-17/h7-11,17H,2-6,12-14H2,1H3,(H,28,32). The van der Waals surface area contributed by atoms with Crippen molar-refractivity contribution in [1.29, 1.82) is 0 Å². The number of hydrogen-bond acceptors (Lipinski definition) is 6. The number of aromatic nitrogens is 4. The van der Waals surface area contributed by atoms with Crippen LogP contribution in [0.3, 0.4) is 0 Å². The molecule has 1 amide bonds. The first-order valence-corrected chi connectivity index (χ1v) is 11.3. The monoisotopic (exact) mass is 435 g/mol. The summed E-state index contributed by atoms with van der Waals surface area (Å²) in [5, 5.41) is 2.70. The van der Waals surface area contributed by atoms with Gasteiger partial charge in [0, 0.05) is 49.6 Å². The molecule has 0 aromatic carbocycles. The van der Waals surface area contributed by atoms with Gasteiger partial charge in [0.1, 0.15) is 11.5 Å². The highest BCUT2D eigenvalue weighted by molar-refractivity contribution is 6.02. The zero-order valence-electron chi connectivity index (χ0n) is 18.1. The van der Waals surface area contributed by atoms with Crippen LogP contribution in [-0.4, -0.2) is 62.4 Å². The van der Waals surface area contributed by atoms with E-state index in [9.17, 15) is 9.18 Å². The molecular weight excluding hydrogens is 409 g/mol. The maximum absolute atomic E-state index is 14.3. The fourth-order valence-electron chi connectivity index (χ4n) is 5.23. The van der Waals surface area contributed by atoms with Gasteiger partial charge in [-0.2, -0.15) is 0 Å². The van der Waals surface area contributed by atoms with E-state index >= 15 is 0 Å². The van der Waals surface area contributed by atoms with Gasteiger partial charge in [0.25, 0.3) is 5.91 Å². The normalized spacial score (nSPS) is 20.5. The highest BCUT2D eigenvalue weighted by Gasteiger charge is 2.48. The van der Waals surface area contributed by atoms with E-state index in [1.807, 2.05) is 0 Å². The molecule has 9 heteroatoms. The minimum Gasteiger partial charge on any atom is -0.354 e. The first-order valence-electron chi connectivity index (χ1n) is 11.3. The van der Waals surface area contributed by atoms with E-state index in [1.165, 1.54) is 51.0 Å². The van der Waals surface area contributed by atoms with Crippen molar-refractivity contribution in [3.8, 4) is 0 Å². The SMILES string of the molecule is Cc1cn2cc(NC(=O)c3cnc(N4CC5(CCCN(C6CC6)C5)C4)cn3)cc(F)c2n1.